The van der Waals surface area contributed by atoms with Gasteiger partial charge in [-0.05, 0) is 5.56 Å². The zero-order valence-corrected chi connectivity index (χ0v) is 10.5. The monoisotopic (exact) mass is 262 g/mol. The normalized spacial score (nSPS) is 13.9. The molecule has 4 heteroatoms. The number of Topliss-reactive ketones (excluding diaryl/α,β-unsaturated/α-hetero) is 1. The van der Waals surface area contributed by atoms with Crippen LogP contribution in [0, 0.1) is 0 Å². The van der Waals surface area contributed by atoms with Crippen LogP contribution in [0.2, 0.25) is 0 Å². The van der Waals surface area contributed by atoms with Crippen LogP contribution in [0.15, 0.2) is 76.6 Å². The summed E-state index contributed by atoms with van der Waals surface area (Å²) in [6.07, 6.45) is 0. The Labute approximate surface area is 115 Å². The smallest absolute Gasteiger partial charge is 0.287 e. The SMILES string of the molecule is O=C1N=NC(C(=O)c2ccccc2)=C1c1ccccc1. The summed E-state index contributed by atoms with van der Waals surface area (Å²) in [6.45, 7) is 0. The Morgan fingerprint density at radius 1 is 0.800 bits per heavy atom. The molecular formula is C16H10N2O2. The lowest BCUT2D eigenvalue weighted by molar-refractivity contribution is -0.112. The molecule has 1 heterocycles. The summed E-state index contributed by atoms with van der Waals surface area (Å²) in [6, 6.07) is 17.7. The first kappa shape index (κ1) is 12.2. The van der Waals surface area contributed by atoms with Crippen LogP contribution >= 0.6 is 0 Å². The number of ketones is 1. The van der Waals surface area contributed by atoms with Gasteiger partial charge >= 0.3 is 0 Å². The van der Waals surface area contributed by atoms with Crippen molar-refractivity contribution < 1.29 is 9.59 Å². The second-order valence-electron chi connectivity index (χ2n) is 4.29. The number of allylic oxidation sites excluding steroid dienone is 1. The molecule has 96 valence electrons. The fourth-order valence-corrected chi connectivity index (χ4v) is 2.05. The number of carbonyl (C=O) groups excluding carboxylic acids is 2. The Morgan fingerprint density at radius 2 is 1.40 bits per heavy atom. The van der Waals surface area contributed by atoms with Crippen LogP contribution < -0.4 is 0 Å². The molecule has 0 saturated carbocycles. The molecule has 0 spiro atoms. The summed E-state index contributed by atoms with van der Waals surface area (Å²) in [5.41, 5.74) is 1.51. The lowest BCUT2D eigenvalue weighted by atomic mass is 9.99. The first-order valence-electron chi connectivity index (χ1n) is 6.13. The molecule has 0 fully saturated rings. The number of rotatable bonds is 3. The van der Waals surface area contributed by atoms with Crippen molar-refractivity contribution in [3.05, 3.63) is 77.5 Å². The van der Waals surface area contributed by atoms with Gasteiger partial charge in [0.25, 0.3) is 5.91 Å². The molecule has 2 aromatic rings. The Morgan fingerprint density at radius 3 is 2.05 bits per heavy atom. The van der Waals surface area contributed by atoms with Crippen molar-refractivity contribution in [2.24, 2.45) is 10.2 Å². The minimum absolute atomic E-state index is 0.104. The van der Waals surface area contributed by atoms with Crippen LogP contribution in [0.3, 0.4) is 0 Å². The van der Waals surface area contributed by atoms with E-state index in [-0.39, 0.29) is 17.1 Å². The molecular weight excluding hydrogens is 252 g/mol. The minimum Gasteiger partial charge on any atom is -0.287 e. The number of azo groups is 1. The van der Waals surface area contributed by atoms with E-state index >= 15 is 0 Å². The standard InChI is InChI=1S/C16H10N2O2/c19-15(12-9-5-2-6-10-12)14-13(16(20)18-17-14)11-7-3-1-4-8-11/h1-10H. The second kappa shape index (κ2) is 5.01. The maximum atomic E-state index is 12.4. The van der Waals surface area contributed by atoms with Gasteiger partial charge in [-0.3, -0.25) is 9.59 Å². The molecule has 0 bridgehead atoms. The van der Waals surface area contributed by atoms with Gasteiger partial charge in [-0.15, -0.1) is 10.2 Å². The number of amides is 1. The number of benzene rings is 2. The highest BCUT2D eigenvalue weighted by atomic mass is 16.2. The Bertz CT molecular complexity index is 732. The fourth-order valence-electron chi connectivity index (χ4n) is 2.05. The van der Waals surface area contributed by atoms with E-state index in [1.807, 2.05) is 12.1 Å². The van der Waals surface area contributed by atoms with E-state index in [0.29, 0.717) is 11.1 Å². The van der Waals surface area contributed by atoms with Crippen molar-refractivity contribution in [2.45, 2.75) is 0 Å². The molecule has 0 N–H and O–H groups in total. The van der Waals surface area contributed by atoms with E-state index in [0.717, 1.165) is 0 Å². The molecule has 1 amide bonds. The highest BCUT2D eigenvalue weighted by molar-refractivity contribution is 6.30. The quantitative estimate of drug-likeness (QED) is 0.797. The van der Waals surface area contributed by atoms with Gasteiger partial charge in [0, 0.05) is 5.56 Å². The Kier molecular flexibility index (Phi) is 3.05. The van der Waals surface area contributed by atoms with Crippen molar-refractivity contribution in [3.63, 3.8) is 0 Å². The average Bonchev–Trinajstić information content (AvgIpc) is 2.90. The van der Waals surface area contributed by atoms with Gasteiger partial charge in [0.1, 0.15) is 5.70 Å². The van der Waals surface area contributed by atoms with E-state index in [9.17, 15) is 9.59 Å². The third-order valence-electron chi connectivity index (χ3n) is 3.01. The summed E-state index contributed by atoms with van der Waals surface area (Å²) in [7, 11) is 0. The molecule has 1 aliphatic rings. The zero-order valence-electron chi connectivity index (χ0n) is 10.5. The van der Waals surface area contributed by atoms with Crippen LogP contribution in [0.4, 0.5) is 0 Å². The molecule has 1 aliphatic heterocycles. The van der Waals surface area contributed by atoms with Crippen LogP contribution in [-0.2, 0) is 4.79 Å². The maximum absolute atomic E-state index is 12.4. The summed E-state index contributed by atoms with van der Waals surface area (Å²) in [4.78, 5) is 24.3. The van der Waals surface area contributed by atoms with Gasteiger partial charge in [0.15, 0.2) is 0 Å². The maximum Gasteiger partial charge on any atom is 0.298 e. The number of nitrogens with zero attached hydrogens (tertiary/aromatic N) is 2. The van der Waals surface area contributed by atoms with Crippen LogP contribution in [0.1, 0.15) is 15.9 Å². The van der Waals surface area contributed by atoms with E-state index in [2.05, 4.69) is 10.2 Å². The van der Waals surface area contributed by atoms with Crippen molar-refractivity contribution in [2.75, 3.05) is 0 Å². The Hall–Kier alpha value is -2.88. The van der Waals surface area contributed by atoms with Gasteiger partial charge in [0.2, 0.25) is 5.78 Å². The van der Waals surface area contributed by atoms with Crippen molar-refractivity contribution in [1.82, 2.24) is 0 Å². The highest BCUT2D eigenvalue weighted by Gasteiger charge is 2.28. The Balaban J connectivity index is 2.10. The van der Waals surface area contributed by atoms with Crippen molar-refractivity contribution in [3.8, 4) is 0 Å². The molecule has 0 radical (unpaired) electrons. The van der Waals surface area contributed by atoms with Gasteiger partial charge in [-0.2, -0.15) is 0 Å². The van der Waals surface area contributed by atoms with E-state index in [1.54, 1.807) is 48.5 Å². The first-order chi connectivity index (χ1) is 9.77. The molecule has 4 nitrogen and oxygen atoms in total. The second-order valence-corrected chi connectivity index (χ2v) is 4.29. The van der Waals surface area contributed by atoms with Crippen LogP contribution in [0.5, 0.6) is 0 Å². The summed E-state index contributed by atoms with van der Waals surface area (Å²) >= 11 is 0. The van der Waals surface area contributed by atoms with Gasteiger partial charge in [-0.1, -0.05) is 60.7 Å². The predicted octanol–water partition coefficient (Wildman–Crippen LogP) is 3.27. The number of carbonyl (C=O) groups is 2. The minimum atomic E-state index is -0.476. The predicted molar refractivity (Wildman–Crippen MR) is 74.0 cm³/mol. The first-order valence-corrected chi connectivity index (χ1v) is 6.13. The summed E-state index contributed by atoms with van der Waals surface area (Å²) in [5.74, 6) is -0.769. The highest BCUT2D eigenvalue weighted by Crippen LogP contribution is 2.28. The number of hydrogen-bond acceptors (Lipinski definition) is 3. The largest absolute Gasteiger partial charge is 0.298 e. The molecule has 2 aromatic carbocycles. The lowest BCUT2D eigenvalue weighted by Crippen LogP contribution is -2.05. The lowest BCUT2D eigenvalue weighted by Gasteiger charge is -2.03. The van der Waals surface area contributed by atoms with Crippen molar-refractivity contribution in [1.29, 1.82) is 0 Å². The molecule has 0 aliphatic carbocycles. The van der Waals surface area contributed by atoms with E-state index < -0.39 is 5.91 Å². The zero-order chi connectivity index (χ0) is 13.9. The molecule has 20 heavy (non-hydrogen) atoms. The van der Waals surface area contributed by atoms with Gasteiger partial charge in [-0.25, -0.2) is 0 Å². The van der Waals surface area contributed by atoms with Crippen LogP contribution in [0.25, 0.3) is 5.57 Å². The molecule has 3 rings (SSSR count). The fraction of sp³-hybridized carbons (Fsp3) is 0. The third-order valence-corrected chi connectivity index (χ3v) is 3.01. The van der Waals surface area contributed by atoms with Gasteiger partial charge in [0.05, 0.1) is 5.57 Å². The third kappa shape index (κ3) is 2.07. The van der Waals surface area contributed by atoms with E-state index in [4.69, 9.17) is 0 Å². The molecule has 0 atom stereocenters. The number of hydrogen-bond donors (Lipinski definition) is 0. The molecule has 0 aromatic heterocycles. The van der Waals surface area contributed by atoms with Gasteiger partial charge < -0.3 is 0 Å². The van der Waals surface area contributed by atoms with Crippen LogP contribution in [-0.4, -0.2) is 11.7 Å². The summed E-state index contributed by atoms with van der Waals surface area (Å²) in [5, 5.41) is 7.27. The van der Waals surface area contributed by atoms with Crippen molar-refractivity contribution >= 4 is 17.3 Å². The molecule has 0 unspecified atom stereocenters. The molecule has 0 saturated heterocycles. The summed E-state index contributed by atoms with van der Waals surface area (Å²) < 4.78 is 0. The van der Waals surface area contributed by atoms with E-state index in [1.165, 1.54) is 0 Å². The topological polar surface area (TPSA) is 58.9 Å². The average molecular weight is 262 g/mol.